The second-order valence-electron chi connectivity index (χ2n) is 2.54. The third kappa shape index (κ3) is 3.16. The number of hydrogen-bond donors (Lipinski definition) is 0. The Hall–Kier alpha value is -1.17. The Bertz CT molecular complexity index is 363. The summed E-state index contributed by atoms with van der Waals surface area (Å²) in [6.07, 6.45) is -2.76. The number of ether oxygens (including phenoxy) is 1. The van der Waals surface area contributed by atoms with E-state index in [0.29, 0.717) is 11.2 Å². The number of benzene rings is 1. The van der Waals surface area contributed by atoms with Crippen LogP contribution in [-0.4, -0.2) is 18.9 Å². The second kappa shape index (κ2) is 4.57. The largest absolute Gasteiger partial charge is 0.573 e. The third-order valence-corrected chi connectivity index (χ3v) is 2.39. The van der Waals surface area contributed by atoms with Gasteiger partial charge in [0.25, 0.3) is 0 Å². The summed E-state index contributed by atoms with van der Waals surface area (Å²) in [5.41, 5.74) is -0.0812. The van der Waals surface area contributed by atoms with E-state index in [1.54, 1.807) is 12.3 Å². The van der Waals surface area contributed by atoms with Crippen molar-refractivity contribution in [1.82, 2.24) is 0 Å². The minimum atomic E-state index is -4.78. The highest BCUT2D eigenvalue weighted by atomic mass is 32.2. The Balaban J connectivity index is 3.12. The van der Waals surface area contributed by atoms with Crippen molar-refractivity contribution >= 4 is 18.0 Å². The summed E-state index contributed by atoms with van der Waals surface area (Å²) in [5.74, 6) is -0.468. The lowest BCUT2D eigenvalue weighted by Crippen LogP contribution is -2.18. The average molecular weight is 236 g/mol. The molecule has 0 aliphatic carbocycles. The van der Waals surface area contributed by atoms with Gasteiger partial charge in [0.1, 0.15) is 5.75 Å². The quantitative estimate of drug-likeness (QED) is 0.595. The highest BCUT2D eigenvalue weighted by Crippen LogP contribution is 2.31. The van der Waals surface area contributed by atoms with Crippen LogP contribution < -0.4 is 4.74 Å². The summed E-state index contributed by atoms with van der Waals surface area (Å²) in [6, 6.07) is 4.06. The zero-order chi connectivity index (χ0) is 11.5. The van der Waals surface area contributed by atoms with Crippen molar-refractivity contribution in [2.24, 2.45) is 0 Å². The molecular formula is C9H7F3O2S. The Labute approximate surface area is 88.4 Å². The fraction of sp³-hybridized carbons (Fsp3) is 0.222. The number of halogens is 3. The maximum Gasteiger partial charge on any atom is 0.573 e. The van der Waals surface area contributed by atoms with Crippen molar-refractivity contribution in [2.45, 2.75) is 11.3 Å². The maximum atomic E-state index is 11.9. The van der Waals surface area contributed by atoms with Crippen LogP contribution in [0.5, 0.6) is 5.75 Å². The molecule has 0 aliphatic rings. The van der Waals surface area contributed by atoms with Crippen LogP contribution in [0.25, 0.3) is 0 Å². The van der Waals surface area contributed by atoms with E-state index in [2.05, 4.69) is 4.74 Å². The first kappa shape index (κ1) is 11.9. The van der Waals surface area contributed by atoms with Crippen molar-refractivity contribution in [3.8, 4) is 5.75 Å². The van der Waals surface area contributed by atoms with Crippen LogP contribution in [0.15, 0.2) is 23.1 Å². The van der Waals surface area contributed by atoms with Gasteiger partial charge in [0, 0.05) is 4.90 Å². The van der Waals surface area contributed by atoms with Gasteiger partial charge in [-0.1, -0.05) is 6.07 Å². The minimum Gasteiger partial charge on any atom is -0.405 e. The lowest BCUT2D eigenvalue weighted by molar-refractivity contribution is -0.274. The summed E-state index contributed by atoms with van der Waals surface area (Å²) in [5, 5.41) is 0. The number of aldehydes is 1. The number of thioether (sulfide) groups is 1. The molecule has 0 atom stereocenters. The van der Waals surface area contributed by atoms with Crippen molar-refractivity contribution in [3.05, 3.63) is 23.8 Å². The first-order valence-corrected chi connectivity index (χ1v) is 5.08. The summed E-state index contributed by atoms with van der Waals surface area (Å²) in [6.45, 7) is 0. The molecule has 0 radical (unpaired) electrons. The van der Waals surface area contributed by atoms with Crippen LogP contribution in [-0.2, 0) is 0 Å². The lowest BCUT2D eigenvalue weighted by Gasteiger charge is -2.12. The number of rotatable bonds is 3. The highest BCUT2D eigenvalue weighted by molar-refractivity contribution is 7.98. The van der Waals surface area contributed by atoms with Crippen LogP contribution in [0, 0.1) is 0 Å². The van der Waals surface area contributed by atoms with E-state index in [4.69, 9.17) is 0 Å². The van der Waals surface area contributed by atoms with E-state index in [1.165, 1.54) is 17.8 Å². The molecule has 0 saturated carbocycles. The molecule has 1 rings (SSSR count). The number of carbonyl (C=O) groups excluding carboxylic acids is 1. The highest BCUT2D eigenvalue weighted by Gasteiger charge is 2.32. The molecule has 1 aromatic rings. The molecule has 0 bridgehead atoms. The molecule has 82 valence electrons. The van der Waals surface area contributed by atoms with Crippen molar-refractivity contribution in [3.63, 3.8) is 0 Å². The first-order valence-electron chi connectivity index (χ1n) is 3.86. The van der Waals surface area contributed by atoms with Crippen LogP contribution in [0.2, 0.25) is 0 Å². The summed E-state index contributed by atoms with van der Waals surface area (Å²) in [4.78, 5) is 11.1. The van der Waals surface area contributed by atoms with E-state index in [9.17, 15) is 18.0 Å². The van der Waals surface area contributed by atoms with Crippen molar-refractivity contribution < 1.29 is 22.7 Å². The van der Waals surface area contributed by atoms with E-state index in [0.717, 1.165) is 6.07 Å². The van der Waals surface area contributed by atoms with E-state index < -0.39 is 12.1 Å². The normalized spacial score (nSPS) is 11.2. The van der Waals surface area contributed by atoms with E-state index in [-0.39, 0.29) is 5.56 Å². The van der Waals surface area contributed by atoms with Crippen molar-refractivity contribution in [2.75, 3.05) is 6.26 Å². The molecule has 0 aromatic heterocycles. The molecule has 0 fully saturated rings. The average Bonchev–Trinajstić information content (AvgIpc) is 2.15. The van der Waals surface area contributed by atoms with Gasteiger partial charge in [0.15, 0.2) is 6.29 Å². The Morgan fingerprint density at radius 1 is 1.40 bits per heavy atom. The topological polar surface area (TPSA) is 26.3 Å². The Kier molecular flexibility index (Phi) is 3.62. The molecule has 2 nitrogen and oxygen atoms in total. The SMILES string of the molecule is CSc1cccc(OC(F)(F)F)c1C=O. The molecule has 15 heavy (non-hydrogen) atoms. The molecule has 0 amide bonds. The standard InChI is InChI=1S/C9H7F3O2S/c1-15-8-4-2-3-7(6(8)5-13)14-9(10,11)12/h2-5H,1H3. The molecule has 0 N–H and O–H groups in total. The van der Waals surface area contributed by atoms with E-state index in [1.807, 2.05) is 0 Å². The van der Waals surface area contributed by atoms with Crippen LogP contribution in [0.1, 0.15) is 10.4 Å². The van der Waals surface area contributed by atoms with Gasteiger partial charge in [-0.25, -0.2) is 0 Å². The maximum absolute atomic E-state index is 11.9. The van der Waals surface area contributed by atoms with Crippen LogP contribution in [0.4, 0.5) is 13.2 Å². The second-order valence-corrected chi connectivity index (χ2v) is 3.39. The van der Waals surface area contributed by atoms with Gasteiger partial charge in [-0.05, 0) is 18.4 Å². The molecule has 6 heteroatoms. The smallest absolute Gasteiger partial charge is 0.405 e. The molecule has 1 aromatic carbocycles. The zero-order valence-electron chi connectivity index (χ0n) is 7.67. The molecule has 0 aliphatic heterocycles. The van der Waals surface area contributed by atoms with Gasteiger partial charge < -0.3 is 4.74 Å². The summed E-state index contributed by atoms with van der Waals surface area (Å²) in [7, 11) is 0. The van der Waals surface area contributed by atoms with Gasteiger partial charge >= 0.3 is 6.36 Å². The van der Waals surface area contributed by atoms with E-state index >= 15 is 0 Å². The van der Waals surface area contributed by atoms with Crippen LogP contribution in [0.3, 0.4) is 0 Å². The number of alkyl halides is 3. The van der Waals surface area contributed by atoms with Crippen molar-refractivity contribution in [1.29, 1.82) is 0 Å². The predicted molar refractivity (Wildman–Crippen MR) is 50.3 cm³/mol. The monoisotopic (exact) mass is 236 g/mol. The van der Waals surface area contributed by atoms with Crippen LogP contribution >= 0.6 is 11.8 Å². The summed E-state index contributed by atoms with van der Waals surface area (Å²) < 4.78 is 39.6. The Morgan fingerprint density at radius 3 is 2.53 bits per heavy atom. The fourth-order valence-corrected chi connectivity index (χ4v) is 1.61. The zero-order valence-corrected chi connectivity index (χ0v) is 8.48. The molecule has 0 unspecified atom stereocenters. The summed E-state index contributed by atoms with van der Waals surface area (Å²) >= 11 is 1.18. The van der Waals surface area contributed by atoms with Gasteiger partial charge in [-0.15, -0.1) is 24.9 Å². The Morgan fingerprint density at radius 2 is 2.07 bits per heavy atom. The molecular weight excluding hydrogens is 229 g/mol. The lowest BCUT2D eigenvalue weighted by atomic mass is 10.2. The predicted octanol–water partition coefficient (Wildman–Crippen LogP) is 3.12. The molecule has 0 spiro atoms. The molecule has 0 heterocycles. The molecule has 0 saturated heterocycles. The van der Waals surface area contributed by atoms with Gasteiger partial charge in [-0.3, -0.25) is 4.79 Å². The number of carbonyl (C=O) groups is 1. The fourth-order valence-electron chi connectivity index (χ4n) is 1.03. The first-order chi connectivity index (χ1) is 6.98. The van der Waals surface area contributed by atoms with Gasteiger partial charge in [0.2, 0.25) is 0 Å². The van der Waals surface area contributed by atoms with Gasteiger partial charge in [0.05, 0.1) is 5.56 Å². The minimum absolute atomic E-state index is 0.0812. The third-order valence-electron chi connectivity index (χ3n) is 1.59. The van der Waals surface area contributed by atoms with Gasteiger partial charge in [-0.2, -0.15) is 0 Å². The number of hydrogen-bond acceptors (Lipinski definition) is 3.